The summed E-state index contributed by atoms with van der Waals surface area (Å²) in [5, 5.41) is 0.158. The fraction of sp³-hybridized carbons (Fsp3) is 0.533. The first-order valence-corrected chi connectivity index (χ1v) is 6.70. The minimum Gasteiger partial charge on any atom is -0.369 e. The van der Waals surface area contributed by atoms with Gasteiger partial charge in [-0.25, -0.2) is 4.39 Å². The molecule has 0 radical (unpaired) electrons. The van der Waals surface area contributed by atoms with Crippen LogP contribution in [0.2, 0.25) is 5.02 Å². The van der Waals surface area contributed by atoms with E-state index < -0.39 is 17.3 Å². The lowest BCUT2D eigenvalue weighted by molar-refractivity contribution is -0.0712. The molecule has 1 fully saturated rings. The third-order valence-corrected chi connectivity index (χ3v) is 3.91. The first-order valence-electron chi connectivity index (χ1n) is 6.32. The van der Waals surface area contributed by atoms with Gasteiger partial charge < -0.3 is 4.74 Å². The van der Waals surface area contributed by atoms with Gasteiger partial charge >= 0.3 is 0 Å². The molecule has 1 aromatic carbocycles. The number of hydrogen-bond donors (Lipinski definition) is 0. The Labute approximate surface area is 117 Å². The van der Waals surface area contributed by atoms with Gasteiger partial charge in [0.15, 0.2) is 5.78 Å². The van der Waals surface area contributed by atoms with Gasteiger partial charge in [-0.3, -0.25) is 4.79 Å². The standard InChI is InChI=1S/C15H18ClFO2/c1-14(2)8-9(15(3,4)19-14)13(18)12-10(16)6-5-7-11(12)17/h5-7,9H,8H2,1-4H3. The first-order chi connectivity index (χ1) is 8.64. The first kappa shape index (κ1) is 14.5. The highest BCUT2D eigenvalue weighted by atomic mass is 35.5. The zero-order valence-electron chi connectivity index (χ0n) is 11.6. The van der Waals surface area contributed by atoms with Crippen molar-refractivity contribution in [3.05, 3.63) is 34.6 Å². The number of benzene rings is 1. The molecule has 1 aliphatic rings. The molecule has 0 spiro atoms. The number of rotatable bonds is 2. The number of hydrogen-bond acceptors (Lipinski definition) is 2. The lowest BCUT2D eigenvalue weighted by Crippen LogP contribution is -2.34. The van der Waals surface area contributed by atoms with Crippen molar-refractivity contribution in [3.8, 4) is 0 Å². The topological polar surface area (TPSA) is 26.3 Å². The van der Waals surface area contributed by atoms with Gasteiger partial charge in [-0.15, -0.1) is 0 Å². The van der Waals surface area contributed by atoms with Crippen LogP contribution in [0.5, 0.6) is 0 Å². The number of halogens is 2. The summed E-state index contributed by atoms with van der Waals surface area (Å²) in [6.07, 6.45) is 0.559. The average molecular weight is 285 g/mol. The van der Waals surface area contributed by atoms with Gasteiger partial charge in [0, 0.05) is 0 Å². The van der Waals surface area contributed by atoms with Gasteiger partial charge in [-0.05, 0) is 46.2 Å². The molecule has 2 rings (SSSR count). The van der Waals surface area contributed by atoms with Gasteiger partial charge in [0.1, 0.15) is 5.82 Å². The largest absolute Gasteiger partial charge is 0.369 e. The van der Waals surface area contributed by atoms with Crippen LogP contribution in [0.1, 0.15) is 44.5 Å². The van der Waals surface area contributed by atoms with E-state index in [-0.39, 0.29) is 22.0 Å². The quantitative estimate of drug-likeness (QED) is 0.759. The van der Waals surface area contributed by atoms with Gasteiger partial charge in [0.05, 0.1) is 27.7 Å². The molecule has 0 saturated carbocycles. The van der Waals surface area contributed by atoms with E-state index in [1.54, 1.807) is 0 Å². The molecule has 0 aromatic heterocycles. The molecule has 104 valence electrons. The summed E-state index contributed by atoms with van der Waals surface area (Å²) in [5.41, 5.74) is -1.03. The van der Waals surface area contributed by atoms with Gasteiger partial charge in [-0.1, -0.05) is 17.7 Å². The molecule has 1 heterocycles. The second-order valence-corrected chi connectivity index (χ2v) is 6.59. The Kier molecular flexibility index (Phi) is 3.48. The summed E-state index contributed by atoms with van der Waals surface area (Å²) < 4.78 is 19.7. The van der Waals surface area contributed by atoms with Crippen LogP contribution in [-0.2, 0) is 4.74 Å². The van der Waals surface area contributed by atoms with Crippen LogP contribution < -0.4 is 0 Å². The molecular formula is C15H18ClFO2. The molecule has 4 heteroatoms. The summed E-state index contributed by atoms with van der Waals surface area (Å²) in [5.74, 6) is -1.24. The molecule has 1 atom stereocenters. The molecular weight excluding hydrogens is 267 g/mol. The Morgan fingerprint density at radius 1 is 1.37 bits per heavy atom. The van der Waals surface area contributed by atoms with Crippen LogP contribution >= 0.6 is 11.6 Å². The van der Waals surface area contributed by atoms with E-state index in [2.05, 4.69) is 0 Å². The third-order valence-electron chi connectivity index (χ3n) is 3.60. The molecule has 0 N–H and O–H groups in total. The monoisotopic (exact) mass is 284 g/mol. The van der Waals surface area contributed by atoms with E-state index in [1.807, 2.05) is 27.7 Å². The van der Waals surface area contributed by atoms with E-state index >= 15 is 0 Å². The van der Waals surface area contributed by atoms with Crippen molar-refractivity contribution >= 4 is 17.4 Å². The summed E-state index contributed by atoms with van der Waals surface area (Å²) in [6.45, 7) is 7.59. The molecule has 1 aliphatic heterocycles. The van der Waals surface area contributed by atoms with E-state index in [0.29, 0.717) is 6.42 Å². The normalized spacial score (nSPS) is 24.4. The van der Waals surface area contributed by atoms with Crippen molar-refractivity contribution in [2.45, 2.75) is 45.3 Å². The van der Waals surface area contributed by atoms with E-state index in [9.17, 15) is 9.18 Å². The van der Waals surface area contributed by atoms with Gasteiger partial charge in [0.2, 0.25) is 0 Å². The second-order valence-electron chi connectivity index (χ2n) is 6.18. The SMILES string of the molecule is CC1(C)CC(C(=O)c2c(F)cccc2Cl)C(C)(C)O1. The van der Waals surface area contributed by atoms with Gasteiger partial charge in [0.25, 0.3) is 0 Å². The van der Waals surface area contributed by atoms with Crippen LogP contribution in [0, 0.1) is 11.7 Å². The Hall–Kier alpha value is -0.930. The zero-order chi connectivity index (χ0) is 14.4. The van der Waals surface area contributed by atoms with E-state index in [0.717, 1.165) is 0 Å². The number of ketones is 1. The molecule has 1 unspecified atom stereocenters. The minimum atomic E-state index is -0.619. The fourth-order valence-electron chi connectivity index (χ4n) is 2.88. The molecule has 0 aliphatic carbocycles. The van der Waals surface area contributed by atoms with Crippen LogP contribution in [0.15, 0.2) is 18.2 Å². The lowest BCUT2D eigenvalue weighted by Gasteiger charge is -2.26. The Balaban J connectivity index is 2.40. The van der Waals surface area contributed by atoms with Crippen molar-refractivity contribution in [2.75, 3.05) is 0 Å². The molecule has 0 bridgehead atoms. The van der Waals surface area contributed by atoms with Crippen molar-refractivity contribution in [1.29, 1.82) is 0 Å². The highest BCUT2D eigenvalue weighted by molar-refractivity contribution is 6.34. The molecule has 1 saturated heterocycles. The van der Waals surface area contributed by atoms with Crippen LogP contribution in [-0.4, -0.2) is 17.0 Å². The molecule has 19 heavy (non-hydrogen) atoms. The van der Waals surface area contributed by atoms with Crippen LogP contribution in [0.4, 0.5) is 4.39 Å². The molecule has 2 nitrogen and oxygen atoms in total. The Morgan fingerprint density at radius 3 is 2.47 bits per heavy atom. The van der Waals surface area contributed by atoms with Crippen molar-refractivity contribution < 1.29 is 13.9 Å². The van der Waals surface area contributed by atoms with Crippen molar-refractivity contribution in [1.82, 2.24) is 0 Å². The maximum absolute atomic E-state index is 13.9. The lowest BCUT2D eigenvalue weighted by atomic mass is 9.81. The minimum absolute atomic E-state index is 0.0245. The summed E-state index contributed by atoms with van der Waals surface area (Å²) >= 11 is 5.97. The number of Topliss-reactive ketones (excluding diaryl/α,β-unsaturated/α-hetero) is 1. The second kappa shape index (κ2) is 4.57. The summed E-state index contributed by atoms with van der Waals surface area (Å²) in [4.78, 5) is 12.6. The maximum Gasteiger partial charge on any atom is 0.173 e. The van der Waals surface area contributed by atoms with Crippen molar-refractivity contribution in [2.24, 2.45) is 5.92 Å². The van der Waals surface area contributed by atoms with Gasteiger partial charge in [-0.2, -0.15) is 0 Å². The van der Waals surface area contributed by atoms with E-state index in [4.69, 9.17) is 16.3 Å². The predicted octanol–water partition coefficient (Wildman–Crippen LogP) is 4.26. The highest BCUT2D eigenvalue weighted by Gasteiger charge is 2.49. The number of ether oxygens (including phenoxy) is 1. The third kappa shape index (κ3) is 2.67. The predicted molar refractivity (Wildman–Crippen MR) is 73.1 cm³/mol. The maximum atomic E-state index is 13.9. The smallest absolute Gasteiger partial charge is 0.173 e. The Bertz CT molecular complexity index is 503. The zero-order valence-corrected chi connectivity index (χ0v) is 12.3. The number of carbonyl (C=O) groups is 1. The fourth-order valence-corrected chi connectivity index (χ4v) is 3.13. The van der Waals surface area contributed by atoms with E-state index in [1.165, 1.54) is 18.2 Å². The number of carbonyl (C=O) groups excluding carboxylic acids is 1. The molecule has 1 aromatic rings. The Morgan fingerprint density at radius 2 is 2.00 bits per heavy atom. The van der Waals surface area contributed by atoms with Crippen molar-refractivity contribution in [3.63, 3.8) is 0 Å². The van der Waals surface area contributed by atoms with Crippen LogP contribution in [0.25, 0.3) is 0 Å². The summed E-state index contributed by atoms with van der Waals surface area (Å²) in [7, 11) is 0. The highest BCUT2D eigenvalue weighted by Crippen LogP contribution is 2.44. The molecule has 0 amide bonds. The average Bonchev–Trinajstić information content (AvgIpc) is 2.46. The summed E-state index contributed by atoms with van der Waals surface area (Å²) in [6, 6.07) is 4.29. The van der Waals surface area contributed by atoms with Crippen LogP contribution in [0.3, 0.4) is 0 Å².